The largest absolute Gasteiger partial charge is 0.418 e. The van der Waals surface area contributed by atoms with Crippen LogP contribution in [-0.2, 0) is 10.3 Å². The van der Waals surface area contributed by atoms with Crippen molar-refractivity contribution in [2.45, 2.75) is 31.8 Å². The zero-order valence-corrected chi connectivity index (χ0v) is 17.9. The number of nitrogens with two attached hydrogens (primary N) is 1. The Hall–Kier alpha value is -2.94. The summed E-state index contributed by atoms with van der Waals surface area (Å²) in [5, 5.41) is 2.64. The molecule has 0 saturated carbocycles. The fraction of sp³-hybridized carbons (Fsp3) is 0.300. The zero-order chi connectivity index (χ0) is 21.2. The van der Waals surface area contributed by atoms with Crippen molar-refractivity contribution in [1.82, 2.24) is 9.88 Å². The molecule has 0 saturated heterocycles. The van der Waals surface area contributed by atoms with Crippen LogP contribution in [0.15, 0.2) is 52.1 Å². The second kappa shape index (κ2) is 8.20. The van der Waals surface area contributed by atoms with Crippen molar-refractivity contribution in [2.24, 2.45) is 10.7 Å². The van der Waals surface area contributed by atoms with E-state index in [2.05, 4.69) is 31.2 Å². The number of rotatable bonds is 4. The Kier molecular flexibility index (Phi) is 5.88. The quantitative estimate of drug-likeness (QED) is 0.728. The Balaban J connectivity index is 1.82. The molecular weight excluding hydrogens is 438 g/mol. The van der Waals surface area contributed by atoms with E-state index in [0.29, 0.717) is 23.5 Å². The van der Waals surface area contributed by atoms with Crippen LogP contribution in [0.3, 0.4) is 0 Å². The van der Waals surface area contributed by atoms with Gasteiger partial charge in [-0.15, -0.1) is 0 Å². The summed E-state index contributed by atoms with van der Waals surface area (Å²) in [6.45, 7) is 3.67. The number of likely N-dealkylation sites (N-methyl/N-ethyl adjacent to an activating group) is 1. The van der Waals surface area contributed by atoms with Crippen molar-refractivity contribution in [3.8, 4) is 5.88 Å². The van der Waals surface area contributed by atoms with E-state index < -0.39 is 11.6 Å². The molecule has 3 N–H and O–H groups in total. The smallest absolute Gasteiger partial charge is 0.391 e. The predicted octanol–water partition coefficient (Wildman–Crippen LogP) is 3.28. The Morgan fingerprint density at radius 3 is 2.79 bits per heavy atom. The predicted molar refractivity (Wildman–Crippen MR) is 114 cm³/mol. The third-order valence-electron chi connectivity index (χ3n) is 4.85. The Labute approximate surface area is 177 Å². The SMILES string of the molecule is CCC1C(N)=NC(C)(c2cccc(NC(=O)Oc3ccc(Br)cn3)c2)C(=O)N1C. The minimum absolute atomic E-state index is 0.155. The lowest BCUT2D eigenvalue weighted by Crippen LogP contribution is -2.56. The first-order valence-electron chi connectivity index (χ1n) is 9.08. The van der Waals surface area contributed by atoms with Gasteiger partial charge >= 0.3 is 6.09 Å². The van der Waals surface area contributed by atoms with Crippen LogP contribution in [0.5, 0.6) is 5.88 Å². The van der Waals surface area contributed by atoms with Gasteiger partial charge in [-0.2, -0.15) is 0 Å². The fourth-order valence-corrected chi connectivity index (χ4v) is 3.53. The average Bonchev–Trinajstić information content (AvgIpc) is 2.68. The van der Waals surface area contributed by atoms with Crippen molar-refractivity contribution >= 4 is 39.5 Å². The highest BCUT2D eigenvalue weighted by Crippen LogP contribution is 2.33. The van der Waals surface area contributed by atoms with Crippen LogP contribution in [-0.4, -0.2) is 40.8 Å². The lowest BCUT2D eigenvalue weighted by Gasteiger charge is -2.39. The number of carbonyl (C=O) groups excluding carboxylic acids is 2. The topological polar surface area (TPSA) is 110 Å². The van der Waals surface area contributed by atoms with Gasteiger partial charge in [0, 0.05) is 29.5 Å². The third-order valence-corrected chi connectivity index (χ3v) is 5.32. The minimum Gasteiger partial charge on any atom is -0.391 e. The van der Waals surface area contributed by atoms with Gasteiger partial charge in [0.15, 0.2) is 5.54 Å². The molecule has 2 heterocycles. The molecule has 0 aliphatic carbocycles. The van der Waals surface area contributed by atoms with Crippen LogP contribution in [0.25, 0.3) is 0 Å². The molecule has 1 aliphatic heterocycles. The number of benzene rings is 1. The van der Waals surface area contributed by atoms with E-state index in [1.807, 2.05) is 6.92 Å². The monoisotopic (exact) mass is 459 g/mol. The molecule has 0 bridgehead atoms. The number of aromatic nitrogens is 1. The molecule has 2 atom stereocenters. The highest BCUT2D eigenvalue weighted by molar-refractivity contribution is 9.10. The highest BCUT2D eigenvalue weighted by atomic mass is 79.9. The van der Waals surface area contributed by atoms with E-state index in [9.17, 15) is 9.59 Å². The third kappa shape index (κ3) is 4.24. The van der Waals surface area contributed by atoms with Gasteiger partial charge in [-0.25, -0.2) is 14.8 Å². The molecule has 1 aromatic carbocycles. The van der Waals surface area contributed by atoms with Gasteiger partial charge in [0.05, 0.1) is 6.04 Å². The molecule has 9 heteroatoms. The van der Waals surface area contributed by atoms with Gasteiger partial charge in [0.1, 0.15) is 5.84 Å². The maximum Gasteiger partial charge on any atom is 0.418 e. The van der Waals surface area contributed by atoms with Gasteiger partial charge in [0.25, 0.3) is 5.91 Å². The summed E-state index contributed by atoms with van der Waals surface area (Å²) in [5.41, 5.74) is 6.04. The first-order chi connectivity index (χ1) is 13.7. The molecule has 0 spiro atoms. The number of amidine groups is 1. The maximum atomic E-state index is 13.0. The van der Waals surface area contributed by atoms with Gasteiger partial charge in [-0.1, -0.05) is 19.1 Å². The standard InChI is InChI=1S/C20H22BrN5O3/c1-4-15-17(22)25-20(2,18(27)26(15)3)12-6-5-7-14(10-12)24-19(28)29-16-9-8-13(21)11-23-16/h5-11,15H,4H2,1-3H3,(H2,22,25)(H,24,28). The molecule has 152 valence electrons. The van der Waals surface area contributed by atoms with Crippen LogP contribution >= 0.6 is 15.9 Å². The second-order valence-electron chi connectivity index (χ2n) is 6.86. The summed E-state index contributed by atoms with van der Waals surface area (Å²) in [7, 11) is 1.72. The number of nitrogens with one attached hydrogen (secondary N) is 1. The summed E-state index contributed by atoms with van der Waals surface area (Å²) in [4.78, 5) is 35.3. The number of anilines is 1. The van der Waals surface area contributed by atoms with Crippen molar-refractivity contribution in [2.75, 3.05) is 12.4 Å². The molecule has 0 fully saturated rings. The van der Waals surface area contributed by atoms with Gasteiger partial charge in [0.2, 0.25) is 5.88 Å². The Bertz CT molecular complexity index is 963. The van der Waals surface area contributed by atoms with E-state index >= 15 is 0 Å². The first kappa shape index (κ1) is 20.8. The van der Waals surface area contributed by atoms with Crippen molar-refractivity contribution in [3.05, 3.63) is 52.6 Å². The number of aliphatic imine (C=N–C) groups is 1. The lowest BCUT2D eigenvalue weighted by molar-refractivity contribution is -0.137. The summed E-state index contributed by atoms with van der Waals surface area (Å²) < 4.78 is 5.94. The molecule has 2 amide bonds. The van der Waals surface area contributed by atoms with Crippen LogP contribution in [0.4, 0.5) is 10.5 Å². The number of ether oxygens (including phenoxy) is 1. The fourth-order valence-electron chi connectivity index (χ4n) is 3.30. The van der Waals surface area contributed by atoms with Gasteiger partial charge in [-0.05, 0) is 53.0 Å². The van der Waals surface area contributed by atoms with Gasteiger partial charge in [-0.3, -0.25) is 10.1 Å². The number of carbonyl (C=O) groups is 2. The summed E-state index contributed by atoms with van der Waals surface area (Å²) in [5.74, 6) is 0.425. The number of halogens is 1. The first-order valence-corrected chi connectivity index (χ1v) is 9.87. The number of hydrogen-bond donors (Lipinski definition) is 2. The van der Waals surface area contributed by atoms with E-state index in [4.69, 9.17) is 10.5 Å². The van der Waals surface area contributed by atoms with Crippen LogP contribution < -0.4 is 15.8 Å². The summed E-state index contributed by atoms with van der Waals surface area (Å²) >= 11 is 3.27. The number of pyridine rings is 1. The normalized spacial score (nSPS) is 21.5. The Morgan fingerprint density at radius 1 is 1.38 bits per heavy atom. The number of hydrogen-bond acceptors (Lipinski definition) is 6. The molecule has 2 unspecified atom stereocenters. The molecule has 8 nitrogen and oxygen atoms in total. The van der Waals surface area contributed by atoms with Gasteiger partial charge < -0.3 is 15.4 Å². The molecular formula is C20H22BrN5O3. The zero-order valence-electron chi connectivity index (χ0n) is 16.3. The average molecular weight is 460 g/mol. The molecule has 29 heavy (non-hydrogen) atoms. The van der Waals surface area contributed by atoms with E-state index in [-0.39, 0.29) is 17.8 Å². The molecule has 2 aromatic rings. The van der Waals surface area contributed by atoms with E-state index in [1.54, 1.807) is 55.3 Å². The minimum atomic E-state index is -1.17. The molecule has 1 aliphatic rings. The van der Waals surface area contributed by atoms with Crippen molar-refractivity contribution in [3.63, 3.8) is 0 Å². The maximum absolute atomic E-state index is 13.0. The van der Waals surface area contributed by atoms with E-state index in [0.717, 1.165) is 4.47 Å². The Morgan fingerprint density at radius 2 is 2.14 bits per heavy atom. The van der Waals surface area contributed by atoms with Crippen molar-refractivity contribution < 1.29 is 14.3 Å². The number of amides is 2. The van der Waals surface area contributed by atoms with Crippen LogP contribution in [0, 0.1) is 0 Å². The molecule has 0 radical (unpaired) electrons. The highest BCUT2D eigenvalue weighted by Gasteiger charge is 2.44. The van der Waals surface area contributed by atoms with E-state index in [1.165, 1.54) is 6.20 Å². The van der Waals surface area contributed by atoms with Crippen LogP contribution in [0.1, 0.15) is 25.8 Å². The van der Waals surface area contributed by atoms with Crippen molar-refractivity contribution in [1.29, 1.82) is 0 Å². The second-order valence-corrected chi connectivity index (χ2v) is 7.77. The van der Waals surface area contributed by atoms with Crippen LogP contribution in [0.2, 0.25) is 0 Å². The molecule has 1 aromatic heterocycles. The summed E-state index contributed by atoms with van der Waals surface area (Å²) in [6.07, 6.45) is 1.52. The molecule has 3 rings (SSSR count). The summed E-state index contributed by atoms with van der Waals surface area (Å²) in [6, 6.07) is 9.96. The lowest BCUT2D eigenvalue weighted by atomic mass is 9.88. The number of nitrogens with zero attached hydrogens (tertiary/aromatic N) is 3.